The molecule has 260 valence electrons. The number of fused-ring (bicyclic) bond motifs is 7. The highest BCUT2D eigenvalue weighted by atomic mass is 16.1. The Hall–Kier alpha value is -7.37. The first-order valence-electron chi connectivity index (χ1n) is 18.4. The Bertz CT molecular complexity index is 3250. The Balaban J connectivity index is 1.38. The van der Waals surface area contributed by atoms with Crippen molar-refractivity contribution in [1.82, 2.24) is 19.1 Å². The second kappa shape index (κ2) is 12.9. The lowest BCUT2D eigenvalue weighted by Crippen LogP contribution is -2.22. The zero-order chi connectivity index (χ0) is 37.0. The summed E-state index contributed by atoms with van der Waals surface area (Å²) in [7, 11) is 0. The maximum Gasteiger partial charge on any atom is 0.263 e. The Morgan fingerprint density at radius 2 is 1.24 bits per heavy atom. The van der Waals surface area contributed by atoms with Crippen LogP contribution < -0.4 is 5.56 Å². The molecule has 7 aromatic carbocycles. The van der Waals surface area contributed by atoms with Gasteiger partial charge in [0.05, 0.1) is 27.8 Å². The average molecular weight is 707 g/mol. The van der Waals surface area contributed by atoms with Crippen molar-refractivity contribution >= 4 is 66.5 Å². The number of para-hydroxylation sites is 1. The fourth-order valence-electron chi connectivity index (χ4n) is 8.16. The van der Waals surface area contributed by atoms with Crippen LogP contribution in [0.25, 0.3) is 101 Å². The van der Waals surface area contributed by atoms with Gasteiger partial charge in [0.1, 0.15) is 0 Å². The molecule has 0 aliphatic carbocycles. The molecule has 0 saturated carbocycles. The predicted octanol–water partition coefficient (Wildman–Crippen LogP) is 12.2. The number of hydrogen-bond donors (Lipinski definition) is 0. The van der Waals surface area contributed by atoms with Gasteiger partial charge in [-0.25, -0.2) is 9.97 Å². The second-order valence-electron chi connectivity index (χ2n) is 13.7. The molecule has 0 N–H and O–H groups in total. The molecule has 0 spiro atoms. The molecular weight excluding hydrogens is 673 g/mol. The number of hydrogen-bond acceptors (Lipinski definition) is 3. The third-order valence-electron chi connectivity index (χ3n) is 10.6. The molecule has 55 heavy (non-hydrogen) atoms. The Kier molecular flexibility index (Phi) is 7.60. The van der Waals surface area contributed by atoms with Crippen molar-refractivity contribution in [2.75, 3.05) is 0 Å². The minimum atomic E-state index is -0.137. The number of rotatable bonds is 6. The summed E-state index contributed by atoms with van der Waals surface area (Å²) in [6.07, 6.45) is 5.69. The molecule has 0 saturated heterocycles. The topological polar surface area (TPSA) is 52.7 Å². The molecule has 5 heteroatoms. The summed E-state index contributed by atoms with van der Waals surface area (Å²) in [5.41, 5.74) is 9.50. The Morgan fingerprint density at radius 3 is 2.02 bits per heavy atom. The van der Waals surface area contributed by atoms with Crippen LogP contribution in [0.3, 0.4) is 0 Å². The molecule has 3 heterocycles. The molecule has 0 atom stereocenters. The number of nitrogens with zero attached hydrogens (tertiary/aromatic N) is 4. The van der Waals surface area contributed by atoms with Crippen LogP contribution in [-0.4, -0.2) is 19.1 Å². The number of pyridine rings is 1. The molecule has 10 rings (SSSR count). The lowest BCUT2D eigenvalue weighted by Gasteiger charge is -2.17. The van der Waals surface area contributed by atoms with Crippen LogP contribution in [0, 0.1) is 0 Å². The summed E-state index contributed by atoms with van der Waals surface area (Å²) in [5.74, 6) is 0.559. The molecule has 0 aliphatic heterocycles. The minimum Gasteiger partial charge on any atom is -0.278 e. The first-order valence-corrected chi connectivity index (χ1v) is 18.4. The van der Waals surface area contributed by atoms with Gasteiger partial charge in [-0.15, -0.1) is 0 Å². The highest BCUT2D eigenvalue weighted by molar-refractivity contribution is 6.23. The van der Waals surface area contributed by atoms with E-state index >= 15 is 0 Å². The van der Waals surface area contributed by atoms with Gasteiger partial charge < -0.3 is 0 Å². The number of benzene rings is 7. The van der Waals surface area contributed by atoms with E-state index in [-0.39, 0.29) is 5.56 Å². The van der Waals surface area contributed by atoms with E-state index in [2.05, 4.69) is 102 Å². The monoisotopic (exact) mass is 706 g/mol. The van der Waals surface area contributed by atoms with Crippen molar-refractivity contribution in [1.29, 1.82) is 0 Å². The van der Waals surface area contributed by atoms with Crippen LogP contribution in [-0.2, 0) is 0 Å². The lowest BCUT2D eigenvalue weighted by atomic mass is 9.98. The Morgan fingerprint density at radius 1 is 0.545 bits per heavy atom. The Labute approximate surface area is 317 Å². The van der Waals surface area contributed by atoms with Crippen molar-refractivity contribution < 1.29 is 0 Å². The van der Waals surface area contributed by atoms with Gasteiger partial charge in [0.15, 0.2) is 0 Å². The predicted molar refractivity (Wildman–Crippen MR) is 230 cm³/mol. The van der Waals surface area contributed by atoms with Gasteiger partial charge >= 0.3 is 0 Å². The van der Waals surface area contributed by atoms with E-state index in [1.54, 1.807) is 6.08 Å². The lowest BCUT2D eigenvalue weighted by molar-refractivity contribution is 1.01. The van der Waals surface area contributed by atoms with Crippen LogP contribution in [0.1, 0.15) is 18.1 Å². The fraction of sp³-hybridized carbons (Fsp3) is 0.0200. The van der Waals surface area contributed by atoms with Gasteiger partial charge in [0.25, 0.3) is 5.56 Å². The zero-order valence-electron chi connectivity index (χ0n) is 30.1. The maximum atomic E-state index is 14.8. The molecule has 0 fully saturated rings. The van der Waals surface area contributed by atoms with Crippen LogP contribution in [0.4, 0.5) is 0 Å². The van der Waals surface area contributed by atoms with Gasteiger partial charge in [0, 0.05) is 38.4 Å². The molecule has 5 nitrogen and oxygen atoms in total. The van der Waals surface area contributed by atoms with Crippen LogP contribution in [0.2, 0.25) is 0 Å². The quantitative estimate of drug-likeness (QED) is 0.173. The maximum absolute atomic E-state index is 14.8. The summed E-state index contributed by atoms with van der Waals surface area (Å²) in [6, 6.07) is 54.1. The van der Waals surface area contributed by atoms with E-state index in [0.717, 1.165) is 88.0 Å². The standard InChI is InChI=1S/C50H34N4O/c1-3-16-39-37(4-2)49(55)53(36-23-15-22-35(29-36)32-17-7-5-8-18-32)45-31-46-42(30-41(39)45)47-38-24-12-11-19-33(38)27-28-44(47)54(46)50-51-43-26-14-13-25-40(43)48(52-50)34-20-9-6-10-21-34/h3-31H,2H2,1H3/b16-3-. The molecule has 0 aliphatic rings. The molecular formula is C50H34N4O. The zero-order valence-corrected chi connectivity index (χ0v) is 30.1. The van der Waals surface area contributed by atoms with Crippen LogP contribution >= 0.6 is 0 Å². The molecule has 0 radical (unpaired) electrons. The van der Waals surface area contributed by atoms with Crippen molar-refractivity contribution in [3.05, 3.63) is 192 Å². The largest absolute Gasteiger partial charge is 0.278 e. The number of aromatic nitrogens is 4. The first kappa shape index (κ1) is 32.3. The van der Waals surface area contributed by atoms with E-state index < -0.39 is 0 Å². The third kappa shape index (κ3) is 5.12. The first-order chi connectivity index (χ1) is 27.1. The summed E-state index contributed by atoms with van der Waals surface area (Å²) in [6.45, 7) is 6.11. The summed E-state index contributed by atoms with van der Waals surface area (Å²) >= 11 is 0. The minimum absolute atomic E-state index is 0.137. The normalized spacial score (nSPS) is 11.8. The van der Waals surface area contributed by atoms with Gasteiger partial charge in [-0.2, -0.15) is 0 Å². The molecule has 0 bridgehead atoms. The molecule has 10 aromatic rings. The third-order valence-corrected chi connectivity index (χ3v) is 10.6. The highest BCUT2D eigenvalue weighted by Crippen LogP contribution is 2.40. The van der Waals surface area contributed by atoms with E-state index in [0.29, 0.717) is 11.5 Å². The summed E-state index contributed by atoms with van der Waals surface area (Å²) in [4.78, 5) is 25.4. The van der Waals surface area contributed by atoms with Crippen molar-refractivity contribution in [2.45, 2.75) is 6.92 Å². The van der Waals surface area contributed by atoms with E-state index in [9.17, 15) is 4.79 Å². The molecule has 0 amide bonds. The van der Waals surface area contributed by atoms with Crippen molar-refractivity contribution in [3.63, 3.8) is 0 Å². The van der Waals surface area contributed by atoms with Gasteiger partial charge in [-0.3, -0.25) is 13.9 Å². The molecule has 3 aromatic heterocycles. The highest BCUT2D eigenvalue weighted by Gasteiger charge is 2.23. The van der Waals surface area contributed by atoms with Gasteiger partial charge in [-0.05, 0) is 70.8 Å². The smallest absolute Gasteiger partial charge is 0.263 e. The SMILES string of the molecule is C=Cc1c(/C=C\C)c2cc3c4c5ccccc5ccc4n(-c4nc(-c5ccccc5)c5ccccc5n4)c3cc2n(-c2cccc(-c3ccccc3)c2)c1=O. The van der Waals surface area contributed by atoms with Crippen molar-refractivity contribution in [2.24, 2.45) is 0 Å². The molecule has 0 unspecified atom stereocenters. The van der Waals surface area contributed by atoms with Crippen LogP contribution in [0.15, 0.2) is 175 Å². The van der Waals surface area contributed by atoms with E-state index in [1.165, 1.54) is 0 Å². The van der Waals surface area contributed by atoms with Crippen LogP contribution in [0.5, 0.6) is 0 Å². The average Bonchev–Trinajstić information content (AvgIpc) is 3.57. The second-order valence-corrected chi connectivity index (χ2v) is 13.7. The van der Waals surface area contributed by atoms with E-state index in [4.69, 9.17) is 9.97 Å². The summed E-state index contributed by atoms with van der Waals surface area (Å²) < 4.78 is 4.00. The number of allylic oxidation sites excluding steroid dienone is 1. The van der Waals surface area contributed by atoms with Crippen molar-refractivity contribution in [3.8, 4) is 34.0 Å². The van der Waals surface area contributed by atoms with Gasteiger partial charge in [-0.1, -0.05) is 146 Å². The summed E-state index contributed by atoms with van der Waals surface area (Å²) in [5, 5.41) is 6.34. The van der Waals surface area contributed by atoms with Gasteiger partial charge in [0.2, 0.25) is 5.95 Å². The fourth-order valence-corrected chi connectivity index (χ4v) is 8.16. The van der Waals surface area contributed by atoms with E-state index in [1.807, 2.05) is 90.4 Å².